The maximum absolute atomic E-state index is 13.4. The highest BCUT2D eigenvalue weighted by atomic mass is 35.5. The van der Waals surface area contributed by atoms with Crippen LogP contribution in [0, 0.1) is 5.82 Å². The first-order valence-corrected chi connectivity index (χ1v) is 6.34. The fourth-order valence-electron chi connectivity index (χ4n) is 1.62. The highest BCUT2D eigenvalue weighted by molar-refractivity contribution is 6.35. The second kappa shape index (κ2) is 7.17. The highest BCUT2D eigenvalue weighted by Gasteiger charge is 2.16. The van der Waals surface area contributed by atoms with Gasteiger partial charge in [0, 0.05) is 17.7 Å². The van der Waals surface area contributed by atoms with E-state index in [2.05, 4.69) is 5.32 Å². The van der Waals surface area contributed by atoms with Crippen LogP contribution in [0.5, 0.6) is 0 Å². The first-order chi connectivity index (χ1) is 8.10. The Labute approximate surface area is 111 Å². The van der Waals surface area contributed by atoms with Crippen molar-refractivity contribution in [2.24, 2.45) is 0 Å². The third-order valence-electron chi connectivity index (χ3n) is 2.47. The van der Waals surface area contributed by atoms with E-state index in [9.17, 15) is 4.39 Å². The molecule has 0 radical (unpaired) electrons. The summed E-state index contributed by atoms with van der Waals surface area (Å²) in [6.07, 6.45) is 1.44. The van der Waals surface area contributed by atoms with Crippen molar-refractivity contribution >= 4 is 23.2 Å². The lowest BCUT2D eigenvalue weighted by atomic mass is 10.0. The molecule has 0 bridgehead atoms. The molecule has 0 heterocycles. The van der Waals surface area contributed by atoms with Crippen LogP contribution in [0.15, 0.2) is 12.1 Å². The monoisotopic (exact) mass is 279 g/mol. The zero-order valence-corrected chi connectivity index (χ0v) is 11.2. The molecule has 0 aliphatic rings. The van der Waals surface area contributed by atoms with E-state index >= 15 is 0 Å². The number of benzene rings is 1. The van der Waals surface area contributed by atoms with Crippen LogP contribution in [0.1, 0.15) is 31.4 Å². The van der Waals surface area contributed by atoms with Gasteiger partial charge in [0.25, 0.3) is 0 Å². The van der Waals surface area contributed by atoms with E-state index in [-0.39, 0.29) is 17.7 Å². The summed E-state index contributed by atoms with van der Waals surface area (Å²) >= 11 is 11.7. The van der Waals surface area contributed by atoms with Crippen LogP contribution < -0.4 is 5.32 Å². The summed E-state index contributed by atoms with van der Waals surface area (Å²) in [5.41, 5.74) is 0.635. The molecule has 1 atom stereocenters. The number of halogens is 3. The van der Waals surface area contributed by atoms with E-state index in [0.29, 0.717) is 17.0 Å². The minimum Gasteiger partial charge on any atom is -0.396 e. The standard InChI is InChI=1S/C12H16Cl2FNO/c1-2-4-16-12(3-5-17)8-6-11(15)10(14)7-9(8)13/h6-7,12,16-17H,2-5H2,1H3. The molecule has 1 unspecified atom stereocenters. The predicted molar refractivity (Wildman–Crippen MR) is 69.2 cm³/mol. The zero-order chi connectivity index (χ0) is 12.8. The molecule has 1 rings (SSSR count). The zero-order valence-electron chi connectivity index (χ0n) is 9.64. The van der Waals surface area contributed by atoms with E-state index in [1.807, 2.05) is 6.92 Å². The van der Waals surface area contributed by atoms with Gasteiger partial charge < -0.3 is 10.4 Å². The van der Waals surface area contributed by atoms with Gasteiger partial charge in [-0.1, -0.05) is 30.1 Å². The van der Waals surface area contributed by atoms with Crippen molar-refractivity contribution in [3.05, 3.63) is 33.6 Å². The smallest absolute Gasteiger partial charge is 0.142 e. The maximum Gasteiger partial charge on any atom is 0.142 e. The van der Waals surface area contributed by atoms with Gasteiger partial charge in [0.15, 0.2) is 0 Å². The molecule has 0 fully saturated rings. The summed E-state index contributed by atoms with van der Waals surface area (Å²) in [6, 6.07) is 2.57. The van der Waals surface area contributed by atoms with Crippen molar-refractivity contribution in [2.45, 2.75) is 25.8 Å². The molecule has 0 aliphatic carbocycles. The minimum atomic E-state index is -0.493. The topological polar surface area (TPSA) is 32.3 Å². The second-order valence-corrected chi connectivity index (χ2v) is 4.62. The lowest BCUT2D eigenvalue weighted by Gasteiger charge is -2.19. The SMILES string of the molecule is CCCNC(CCO)c1cc(F)c(Cl)cc1Cl. The third-order valence-corrected chi connectivity index (χ3v) is 3.09. The Morgan fingerprint density at radius 3 is 2.65 bits per heavy atom. The van der Waals surface area contributed by atoms with E-state index in [0.717, 1.165) is 13.0 Å². The molecule has 96 valence electrons. The number of hydrogen-bond acceptors (Lipinski definition) is 2. The number of hydrogen-bond donors (Lipinski definition) is 2. The van der Waals surface area contributed by atoms with Crippen LogP contribution in [0.4, 0.5) is 4.39 Å². The van der Waals surface area contributed by atoms with Crippen molar-refractivity contribution in [2.75, 3.05) is 13.2 Å². The van der Waals surface area contributed by atoms with Gasteiger partial charge in [0.05, 0.1) is 5.02 Å². The van der Waals surface area contributed by atoms with Gasteiger partial charge in [0.2, 0.25) is 0 Å². The van der Waals surface area contributed by atoms with Gasteiger partial charge in [-0.3, -0.25) is 0 Å². The lowest BCUT2D eigenvalue weighted by molar-refractivity contribution is 0.265. The molecule has 2 nitrogen and oxygen atoms in total. The third kappa shape index (κ3) is 4.11. The van der Waals surface area contributed by atoms with Crippen LogP contribution in [-0.2, 0) is 0 Å². The molecule has 0 amide bonds. The van der Waals surface area contributed by atoms with Gasteiger partial charge in [-0.05, 0) is 37.1 Å². The van der Waals surface area contributed by atoms with Gasteiger partial charge in [-0.25, -0.2) is 4.39 Å². The summed E-state index contributed by atoms with van der Waals surface area (Å²) in [5.74, 6) is -0.493. The lowest BCUT2D eigenvalue weighted by Crippen LogP contribution is -2.23. The molecule has 0 aliphatic heterocycles. The quantitative estimate of drug-likeness (QED) is 0.781. The van der Waals surface area contributed by atoms with Crippen LogP contribution in [-0.4, -0.2) is 18.3 Å². The molecular formula is C12H16Cl2FNO. The fraction of sp³-hybridized carbons (Fsp3) is 0.500. The fourth-order valence-corrected chi connectivity index (χ4v) is 2.14. The summed E-state index contributed by atoms with van der Waals surface area (Å²) in [5, 5.41) is 12.7. The van der Waals surface area contributed by atoms with E-state index in [1.54, 1.807) is 0 Å². The summed E-state index contributed by atoms with van der Waals surface area (Å²) in [7, 11) is 0. The predicted octanol–water partition coefficient (Wildman–Crippen LogP) is 3.56. The Bertz CT molecular complexity index is 374. The Kier molecular flexibility index (Phi) is 6.20. The minimum absolute atomic E-state index is 0.0111. The van der Waals surface area contributed by atoms with Crippen LogP contribution in [0.2, 0.25) is 10.0 Å². The molecule has 1 aromatic carbocycles. The van der Waals surface area contributed by atoms with E-state index in [1.165, 1.54) is 12.1 Å². The number of rotatable bonds is 6. The molecule has 0 saturated carbocycles. The Morgan fingerprint density at radius 2 is 2.06 bits per heavy atom. The number of nitrogens with one attached hydrogen (secondary N) is 1. The van der Waals surface area contributed by atoms with E-state index in [4.69, 9.17) is 28.3 Å². The Balaban J connectivity index is 2.96. The summed E-state index contributed by atoms with van der Waals surface area (Å²) in [4.78, 5) is 0. The van der Waals surface area contributed by atoms with E-state index < -0.39 is 5.82 Å². The Morgan fingerprint density at radius 1 is 1.35 bits per heavy atom. The molecule has 0 aromatic heterocycles. The Hall–Kier alpha value is -0.350. The van der Waals surface area contributed by atoms with Crippen LogP contribution in [0.25, 0.3) is 0 Å². The second-order valence-electron chi connectivity index (χ2n) is 3.81. The van der Waals surface area contributed by atoms with Gasteiger partial charge in [0.1, 0.15) is 5.82 Å². The molecular weight excluding hydrogens is 264 g/mol. The maximum atomic E-state index is 13.4. The van der Waals surface area contributed by atoms with Crippen molar-refractivity contribution in [3.8, 4) is 0 Å². The van der Waals surface area contributed by atoms with Crippen LogP contribution in [0.3, 0.4) is 0 Å². The molecule has 0 spiro atoms. The molecule has 0 saturated heterocycles. The normalized spacial score (nSPS) is 12.8. The first kappa shape index (κ1) is 14.7. The van der Waals surface area contributed by atoms with Gasteiger partial charge in [-0.15, -0.1) is 0 Å². The first-order valence-electron chi connectivity index (χ1n) is 5.58. The number of aliphatic hydroxyl groups is 1. The average Bonchev–Trinajstić information content (AvgIpc) is 2.29. The van der Waals surface area contributed by atoms with Gasteiger partial charge >= 0.3 is 0 Å². The van der Waals surface area contributed by atoms with Crippen molar-refractivity contribution < 1.29 is 9.50 Å². The summed E-state index contributed by atoms with van der Waals surface area (Å²) in [6.45, 7) is 2.83. The van der Waals surface area contributed by atoms with Crippen molar-refractivity contribution in [1.29, 1.82) is 0 Å². The molecule has 2 N–H and O–H groups in total. The largest absolute Gasteiger partial charge is 0.396 e. The van der Waals surface area contributed by atoms with Crippen LogP contribution >= 0.6 is 23.2 Å². The van der Waals surface area contributed by atoms with Gasteiger partial charge in [-0.2, -0.15) is 0 Å². The molecule has 5 heteroatoms. The van der Waals surface area contributed by atoms with Crippen molar-refractivity contribution in [3.63, 3.8) is 0 Å². The van der Waals surface area contributed by atoms with Crippen molar-refractivity contribution in [1.82, 2.24) is 5.32 Å². The molecule has 17 heavy (non-hydrogen) atoms. The molecule has 1 aromatic rings. The highest BCUT2D eigenvalue weighted by Crippen LogP contribution is 2.30. The average molecular weight is 280 g/mol. The number of aliphatic hydroxyl groups excluding tert-OH is 1. The summed E-state index contributed by atoms with van der Waals surface area (Å²) < 4.78 is 13.4.